The van der Waals surface area contributed by atoms with Gasteiger partial charge in [-0.3, -0.25) is 0 Å². The third kappa shape index (κ3) is 2.76. The SMILES string of the molecule is CC1(C)OB(C2=CC3=C4C=CC=CC4N(c4ccccc4)C3=C3C=CC=CC23)OC1(C)C. The van der Waals surface area contributed by atoms with Gasteiger partial charge in [0.05, 0.1) is 22.9 Å². The van der Waals surface area contributed by atoms with Crippen LogP contribution in [0.5, 0.6) is 0 Å². The fraction of sp³-hybridized carbons (Fsp3) is 0.286. The van der Waals surface area contributed by atoms with Gasteiger partial charge in [-0.2, -0.15) is 0 Å². The molecule has 5 aliphatic rings. The number of hydrogen-bond donors (Lipinski definition) is 0. The molecule has 0 spiro atoms. The second kappa shape index (κ2) is 6.84. The lowest BCUT2D eigenvalue weighted by Gasteiger charge is -2.34. The highest BCUT2D eigenvalue weighted by atomic mass is 16.7. The Bertz CT molecular complexity index is 1180. The number of hydrogen-bond acceptors (Lipinski definition) is 3. The van der Waals surface area contributed by atoms with E-state index >= 15 is 0 Å². The molecule has 0 saturated carbocycles. The molecule has 1 fully saturated rings. The average Bonchev–Trinajstić information content (AvgIpc) is 3.24. The molecule has 0 aromatic heterocycles. The van der Waals surface area contributed by atoms with E-state index in [0.717, 1.165) is 0 Å². The Hall–Kier alpha value is -2.82. The summed E-state index contributed by atoms with van der Waals surface area (Å²) in [7, 11) is -0.363. The quantitative estimate of drug-likeness (QED) is 0.558. The molecule has 0 radical (unpaired) electrons. The van der Waals surface area contributed by atoms with Gasteiger partial charge in [0.15, 0.2) is 0 Å². The van der Waals surface area contributed by atoms with Gasteiger partial charge >= 0.3 is 7.12 Å². The summed E-state index contributed by atoms with van der Waals surface area (Å²) in [5, 5.41) is 0. The molecule has 2 heterocycles. The minimum Gasteiger partial charge on any atom is -0.400 e. The molecule has 0 amide bonds. The van der Waals surface area contributed by atoms with Gasteiger partial charge in [-0.05, 0) is 56.4 Å². The van der Waals surface area contributed by atoms with Gasteiger partial charge in [-0.25, -0.2) is 0 Å². The average molecular weight is 421 g/mol. The molecule has 2 aliphatic heterocycles. The summed E-state index contributed by atoms with van der Waals surface area (Å²) in [6, 6.07) is 10.9. The molecule has 32 heavy (non-hydrogen) atoms. The molecule has 0 bridgehead atoms. The Kier molecular flexibility index (Phi) is 4.24. The van der Waals surface area contributed by atoms with E-state index in [1.165, 1.54) is 33.6 Å². The highest BCUT2D eigenvalue weighted by Gasteiger charge is 2.54. The fourth-order valence-corrected chi connectivity index (χ4v) is 5.24. The number of para-hydroxylation sites is 1. The summed E-state index contributed by atoms with van der Waals surface area (Å²) in [5.74, 6) is 0.133. The highest BCUT2D eigenvalue weighted by molar-refractivity contribution is 6.55. The van der Waals surface area contributed by atoms with Crippen molar-refractivity contribution in [2.75, 3.05) is 4.90 Å². The van der Waals surface area contributed by atoms with Crippen molar-refractivity contribution >= 4 is 12.8 Å². The lowest BCUT2D eigenvalue weighted by Crippen LogP contribution is -2.41. The van der Waals surface area contributed by atoms with Crippen molar-refractivity contribution in [3.8, 4) is 0 Å². The monoisotopic (exact) mass is 421 g/mol. The molecule has 1 aromatic carbocycles. The van der Waals surface area contributed by atoms with Crippen molar-refractivity contribution in [3.63, 3.8) is 0 Å². The smallest absolute Gasteiger partial charge is 0.400 e. The van der Waals surface area contributed by atoms with Crippen LogP contribution in [-0.4, -0.2) is 24.4 Å². The van der Waals surface area contributed by atoms with Crippen molar-refractivity contribution in [2.45, 2.75) is 44.9 Å². The van der Waals surface area contributed by atoms with E-state index in [-0.39, 0.29) is 30.3 Å². The van der Waals surface area contributed by atoms with E-state index in [4.69, 9.17) is 9.31 Å². The third-order valence-electron chi connectivity index (χ3n) is 7.61. The Labute approximate surface area is 190 Å². The van der Waals surface area contributed by atoms with Crippen LogP contribution in [-0.2, 0) is 9.31 Å². The van der Waals surface area contributed by atoms with Gasteiger partial charge in [-0.15, -0.1) is 0 Å². The number of allylic oxidation sites excluding steroid dienone is 9. The zero-order valence-corrected chi connectivity index (χ0v) is 19.1. The van der Waals surface area contributed by atoms with Crippen molar-refractivity contribution in [1.82, 2.24) is 0 Å². The molecule has 1 saturated heterocycles. The van der Waals surface area contributed by atoms with Crippen LogP contribution >= 0.6 is 0 Å². The molecule has 0 N–H and O–H groups in total. The molecule has 2 unspecified atom stereocenters. The summed E-state index contributed by atoms with van der Waals surface area (Å²) in [6.07, 6.45) is 20.0. The van der Waals surface area contributed by atoms with E-state index in [0.29, 0.717) is 0 Å². The van der Waals surface area contributed by atoms with Gasteiger partial charge in [0.2, 0.25) is 0 Å². The molecule has 160 valence electrons. The molecule has 3 aliphatic carbocycles. The first-order chi connectivity index (χ1) is 15.4. The van der Waals surface area contributed by atoms with Crippen LogP contribution in [0.1, 0.15) is 27.7 Å². The summed E-state index contributed by atoms with van der Waals surface area (Å²) in [5.41, 5.74) is 6.86. The Morgan fingerprint density at radius 3 is 2.19 bits per heavy atom. The number of benzene rings is 1. The predicted molar refractivity (Wildman–Crippen MR) is 131 cm³/mol. The van der Waals surface area contributed by atoms with Crippen molar-refractivity contribution in [1.29, 1.82) is 0 Å². The Balaban J connectivity index is 1.53. The van der Waals surface area contributed by atoms with E-state index in [2.05, 4.69) is 118 Å². The lowest BCUT2D eigenvalue weighted by atomic mass is 9.64. The minimum absolute atomic E-state index is 0.133. The summed E-state index contributed by atoms with van der Waals surface area (Å²) >= 11 is 0. The van der Waals surface area contributed by atoms with Crippen LogP contribution in [0.25, 0.3) is 0 Å². The summed E-state index contributed by atoms with van der Waals surface area (Å²) < 4.78 is 13.0. The van der Waals surface area contributed by atoms with Gasteiger partial charge in [0, 0.05) is 17.2 Å². The second-order valence-corrected chi connectivity index (χ2v) is 10.0. The van der Waals surface area contributed by atoms with Crippen LogP contribution in [0.15, 0.2) is 113 Å². The van der Waals surface area contributed by atoms with Crippen LogP contribution in [0.4, 0.5) is 5.69 Å². The molecule has 1 aromatic rings. The summed E-state index contributed by atoms with van der Waals surface area (Å²) in [6.45, 7) is 8.48. The first-order valence-corrected chi connectivity index (χ1v) is 11.5. The number of nitrogens with zero attached hydrogens (tertiary/aromatic N) is 1. The van der Waals surface area contributed by atoms with Crippen molar-refractivity contribution in [3.05, 3.63) is 113 Å². The first-order valence-electron chi connectivity index (χ1n) is 11.5. The van der Waals surface area contributed by atoms with Crippen LogP contribution in [0.3, 0.4) is 0 Å². The predicted octanol–water partition coefficient (Wildman–Crippen LogP) is 5.87. The number of fused-ring (bicyclic) bond motifs is 3. The second-order valence-electron chi connectivity index (χ2n) is 10.0. The van der Waals surface area contributed by atoms with Gasteiger partial charge in [0.1, 0.15) is 0 Å². The van der Waals surface area contributed by atoms with E-state index in [9.17, 15) is 0 Å². The van der Waals surface area contributed by atoms with Gasteiger partial charge in [-0.1, -0.05) is 72.9 Å². The van der Waals surface area contributed by atoms with E-state index < -0.39 is 0 Å². The van der Waals surface area contributed by atoms with Crippen LogP contribution in [0, 0.1) is 5.92 Å². The number of rotatable bonds is 2. The van der Waals surface area contributed by atoms with Crippen molar-refractivity contribution in [2.24, 2.45) is 5.92 Å². The summed E-state index contributed by atoms with van der Waals surface area (Å²) in [4.78, 5) is 2.48. The Morgan fingerprint density at radius 1 is 0.812 bits per heavy atom. The van der Waals surface area contributed by atoms with Crippen molar-refractivity contribution < 1.29 is 9.31 Å². The molecular formula is C28H28BNO2. The third-order valence-corrected chi connectivity index (χ3v) is 7.61. The molecule has 4 heteroatoms. The van der Waals surface area contributed by atoms with Gasteiger partial charge < -0.3 is 14.2 Å². The molecule has 3 nitrogen and oxygen atoms in total. The fourth-order valence-electron chi connectivity index (χ4n) is 5.24. The van der Waals surface area contributed by atoms with E-state index in [1.54, 1.807) is 0 Å². The minimum atomic E-state index is -0.365. The maximum Gasteiger partial charge on any atom is 0.491 e. The lowest BCUT2D eigenvalue weighted by molar-refractivity contribution is 0.00578. The molecular weight excluding hydrogens is 393 g/mol. The largest absolute Gasteiger partial charge is 0.491 e. The van der Waals surface area contributed by atoms with Crippen LogP contribution in [0.2, 0.25) is 0 Å². The van der Waals surface area contributed by atoms with Gasteiger partial charge in [0.25, 0.3) is 0 Å². The van der Waals surface area contributed by atoms with Crippen LogP contribution < -0.4 is 4.90 Å². The topological polar surface area (TPSA) is 21.7 Å². The Morgan fingerprint density at radius 2 is 1.47 bits per heavy atom. The molecule has 2 atom stereocenters. The zero-order valence-electron chi connectivity index (χ0n) is 19.1. The highest BCUT2D eigenvalue weighted by Crippen LogP contribution is 2.50. The number of anilines is 1. The van der Waals surface area contributed by atoms with E-state index in [1.807, 2.05) is 0 Å². The maximum absolute atomic E-state index is 6.51. The zero-order chi connectivity index (χ0) is 22.1. The molecule has 6 rings (SSSR count). The maximum atomic E-state index is 6.51. The first kappa shape index (κ1) is 19.8. The standard InChI is InChI=1S/C28H28BNO2/c1-27(2)28(3,4)32-29(31-27)24-18-23-21-15-10-11-17-25(21)30(19-12-6-5-7-13-19)26(23)22-16-9-8-14-20(22)24/h5-18,20,25H,1-4H3. The normalized spacial score (nSPS) is 28.8.